The van der Waals surface area contributed by atoms with E-state index in [2.05, 4.69) is 37.2 Å². The summed E-state index contributed by atoms with van der Waals surface area (Å²) in [5.41, 5.74) is 2.56. The van der Waals surface area contributed by atoms with E-state index in [1.165, 1.54) is 11.3 Å². The third-order valence-electron chi connectivity index (χ3n) is 3.56. The second kappa shape index (κ2) is 6.99. The number of halogens is 2. The van der Waals surface area contributed by atoms with Gasteiger partial charge in [0.1, 0.15) is 5.01 Å². The van der Waals surface area contributed by atoms with Crippen molar-refractivity contribution in [1.82, 2.24) is 4.98 Å². The van der Waals surface area contributed by atoms with Crippen molar-refractivity contribution in [1.29, 1.82) is 0 Å². The first-order valence-corrected chi connectivity index (χ1v) is 10.6. The zero-order valence-electron chi connectivity index (χ0n) is 12.6. The molecule has 2 aromatic carbocycles. The Labute approximate surface area is 169 Å². The van der Waals surface area contributed by atoms with Gasteiger partial charge in [-0.25, -0.2) is 4.98 Å². The van der Waals surface area contributed by atoms with Crippen molar-refractivity contribution < 1.29 is 4.79 Å². The summed E-state index contributed by atoms with van der Waals surface area (Å²) in [5.74, 6) is -0.125. The number of carbonyl (C=O) groups excluding carboxylic acids is 1. The number of anilines is 1. The number of aromatic nitrogens is 1. The Morgan fingerprint density at radius 3 is 2.68 bits per heavy atom. The summed E-state index contributed by atoms with van der Waals surface area (Å²) >= 11 is 10.1. The van der Waals surface area contributed by atoms with E-state index in [9.17, 15) is 4.79 Å². The van der Waals surface area contributed by atoms with Crippen LogP contribution in [0.4, 0.5) is 5.69 Å². The maximum Gasteiger partial charge on any atom is 0.265 e. The molecule has 0 saturated carbocycles. The van der Waals surface area contributed by atoms with Gasteiger partial charge < -0.3 is 5.32 Å². The number of benzene rings is 2. The summed E-state index contributed by atoms with van der Waals surface area (Å²) in [7, 11) is 0. The largest absolute Gasteiger partial charge is 0.320 e. The normalized spacial score (nSPS) is 11.0. The van der Waals surface area contributed by atoms with E-state index in [0.29, 0.717) is 4.88 Å². The van der Waals surface area contributed by atoms with Crippen molar-refractivity contribution in [2.24, 2.45) is 0 Å². The lowest BCUT2D eigenvalue weighted by molar-refractivity contribution is 0.103. The molecule has 25 heavy (non-hydrogen) atoms. The van der Waals surface area contributed by atoms with Crippen molar-refractivity contribution in [2.45, 2.75) is 0 Å². The first-order valence-electron chi connectivity index (χ1n) is 7.31. The molecule has 3 nitrogen and oxygen atoms in total. The van der Waals surface area contributed by atoms with Gasteiger partial charge in [0.2, 0.25) is 0 Å². The van der Waals surface area contributed by atoms with Gasteiger partial charge in [-0.2, -0.15) is 0 Å². The number of hydrogen-bond acceptors (Lipinski definition) is 4. The Morgan fingerprint density at radius 2 is 1.92 bits per heavy atom. The topological polar surface area (TPSA) is 42.0 Å². The van der Waals surface area contributed by atoms with Crippen molar-refractivity contribution in [3.63, 3.8) is 0 Å². The third-order valence-corrected chi connectivity index (χ3v) is 6.58. The number of hydrogen-bond donors (Lipinski definition) is 1. The summed E-state index contributed by atoms with van der Waals surface area (Å²) in [6.45, 7) is 0. The van der Waals surface area contributed by atoms with Crippen molar-refractivity contribution in [2.75, 3.05) is 5.32 Å². The fourth-order valence-electron chi connectivity index (χ4n) is 2.44. The van der Waals surface area contributed by atoms with E-state index in [1.807, 2.05) is 53.9 Å². The second-order valence-corrected chi connectivity index (χ2v) is 8.98. The number of amides is 1. The van der Waals surface area contributed by atoms with Crippen LogP contribution in [0.25, 0.3) is 20.8 Å². The molecule has 4 aromatic rings. The first-order chi connectivity index (χ1) is 12.1. The average molecular weight is 494 g/mol. The van der Waals surface area contributed by atoms with E-state index in [0.717, 1.165) is 35.4 Å². The standard InChI is InChI=1S/C18H10Br2N2OS2/c19-10-8-11(18-21-13-4-1-2-5-14(13)25-18)16(12(20)9-10)22-17(23)15-6-3-7-24-15/h1-9H,(H,22,23). The molecule has 0 aliphatic rings. The Kier molecular flexibility index (Phi) is 4.73. The van der Waals surface area contributed by atoms with Crippen LogP contribution >= 0.6 is 54.5 Å². The average Bonchev–Trinajstić information content (AvgIpc) is 3.25. The monoisotopic (exact) mass is 492 g/mol. The molecule has 0 aliphatic heterocycles. The van der Waals surface area contributed by atoms with Gasteiger partial charge in [-0.05, 0) is 51.6 Å². The van der Waals surface area contributed by atoms with Crippen LogP contribution in [0.2, 0.25) is 0 Å². The van der Waals surface area contributed by atoms with E-state index in [1.54, 1.807) is 11.3 Å². The third kappa shape index (κ3) is 3.42. The zero-order chi connectivity index (χ0) is 17.4. The molecule has 4 rings (SSSR count). The minimum Gasteiger partial charge on any atom is -0.320 e. The molecule has 0 atom stereocenters. The number of rotatable bonds is 3. The molecule has 0 unspecified atom stereocenters. The van der Waals surface area contributed by atoms with Gasteiger partial charge in [-0.1, -0.05) is 34.1 Å². The number of para-hydroxylation sites is 1. The van der Waals surface area contributed by atoms with Crippen LogP contribution in [0.1, 0.15) is 9.67 Å². The predicted molar refractivity (Wildman–Crippen MR) is 113 cm³/mol. The molecule has 2 aromatic heterocycles. The van der Waals surface area contributed by atoms with Crippen molar-refractivity contribution in [3.8, 4) is 10.6 Å². The fourth-order valence-corrected chi connectivity index (χ4v) is 5.37. The number of thiazole rings is 1. The number of fused-ring (bicyclic) bond motifs is 1. The minimum atomic E-state index is -0.125. The Morgan fingerprint density at radius 1 is 1.08 bits per heavy atom. The van der Waals surface area contributed by atoms with E-state index < -0.39 is 0 Å². The molecule has 0 fully saturated rings. The van der Waals surface area contributed by atoms with Crippen LogP contribution in [0.15, 0.2) is 62.9 Å². The summed E-state index contributed by atoms with van der Waals surface area (Å²) in [6.07, 6.45) is 0. The molecule has 0 spiro atoms. The smallest absolute Gasteiger partial charge is 0.265 e. The lowest BCUT2D eigenvalue weighted by atomic mass is 10.2. The van der Waals surface area contributed by atoms with Crippen LogP contribution in [-0.4, -0.2) is 10.9 Å². The van der Waals surface area contributed by atoms with Gasteiger partial charge in [-0.3, -0.25) is 4.79 Å². The molecule has 1 N–H and O–H groups in total. The molecule has 0 saturated heterocycles. The molecule has 0 radical (unpaired) electrons. The quantitative estimate of drug-likeness (QED) is 0.341. The second-order valence-electron chi connectivity index (χ2n) is 5.23. The van der Waals surface area contributed by atoms with E-state index >= 15 is 0 Å². The maximum absolute atomic E-state index is 12.5. The Hall–Kier alpha value is -1.54. The molecule has 0 aliphatic carbocycles. The van der Waals surface area contributed by atoms with Gasteiger partial charge in [0.05, 0.1) is 20.8 Å². The predicted octanol–water partition coefficient (Wildman–Crippen LogP) is 6.80. The maximum atomic E-state index is 12.5. The number of carbonyl (C=O) groups is 1. The molecule has 2 heterocycles. The van der Waals surface area contributed by atoms with Crippen LogP contribution in [0.5, 0.6) is 0 Å². The fraction of sp³-hybridized carbons (Fsp3) is 0. The van der Waals surface area contributed by atoms with Crippen molar-refractivity contribution in [3.05, 3.63) is 67.7 Å². The van der Waals surface area contributed by atoms with Crippen LogP contribution in [0, 0.1) is 0 Å². The highest BCUT2D eigenvalue weighted by Gasteiger charge is 2.17. The Balaban J connectivity index is 1.82. The van der Waals surface area contributed by atoms with Crippen molar-refractivity contribution >= 4 is 76.3 Å². The lowest BCUT2D eigenvalue weighted by Crippen LogP contribution is -2.11. The van der Waals surface area contributed by atoms with Crippen LogP contribution in [-0.2, 0) is 0 Å². The summed E-state index contributed by atoms with van der Waals surface area (Å²) in [4.78, 5) is 17.9. The van der Waals surface area contributed by atoms with Gasteiger partial charge >= 0.3 is 0 Å². The molecule has 7 heteroatoms. The van der Waals surface area contributed by atoms with Gasteiger partial charge in [-0.15, -0.1) is 22.7 Å². The van der Waals surface area contributed by atoms with Gasteiger partial charge in [0, 0.05) is 14.5 Å². The summed E-state index contributed by atoms with van der Waals surface area (Å²) in [5, 5.41) is 5.78. The minimum absolute atomic E-state index is 0.125. The molecule has 1 amide bonds. The summed E-state index contributed by atoms with van der Waals surface area (Å²) < 4.78 is 2.84. The summed E-state index contributed by atoms with van der Waals surface area (Å²) in [6, 6.07) is 15.6. The van der Waals surface area contributed by atoms with Gasteiger partial charge in [0.25, 0.3) is 5.91 Å². The molecular weight excluding hydrogens is 484 g/mol. The number of nitrogens with zero attached hydrogens (tertiary/aromatic N) is 1. The first kappa shape index (κ1) is 16.9. The van der Waals surface area contributed by atoms with E-state index in [-0.39, 0.29) is 5.91 Å². The highest BCUT2D eigenvalue weighted by atomic mass is 79.9. The Bertz CT molecular complexity index is 1040. The molecular formula is C18H10Br2N2OS2. The highest BCUT2D eigenvalue weighted by Crippen LogP contribution is 2.40. The molecule has 124 valence electrons. The van der Waals surface area contributed by atoms with E-state index in [4.69, 9.17) is 4.98 Å². The zero-order valence-corrected chi connectivity index (χ0v) is 17.4. The SMILES string of the molecule is O=C(Nc1c(Br)cc(Br)cc1-c1nc2ccccc2s1)c1cccs1. The number of thiophene rings is 1. The van der Waals surface area contributed by atoms with Gasteiger partial charge in [0.15, 0.2) is 0 Å². The highest BCUT2D eigenvalue weighted by molar-refractivity contribution is 9.11. The van der Waals surface area contributed by atoms with Crippen LogP contribution in [0.3, 0.4) is 0 Å². The molecule has 0 bridgehead atoms. The number of nitrogens with one attached hydrogen (secondary N) is 1. The lowest BCUT2D eigenvalue weighted by Gasteiger charge is -2.12. The van der Waals surface area contributed by atoms with Crippen LogP contribution < -0.4 is 5.32 Å².